The molecule has 1 aliphatic rings. The number of carbonyl (C=O) groups is 2. The Labute approximate surface area is 160 Å². The van der Waals surface area contributed by atoms with Crippen molar-refractivity contribution in [3.05, 3.63) is 54.0 Å². The van der Waals surface area contributed by atoms with E-state index in [1.165, 1.54) is 17.2 Å². The smallest absolute Gasteiger partial charge is 0.406 e. The van der Waals surface area contributed by atoms with Crippen molar-refractivity contribution in [2.24, 2.45) is 5.92 Å². The molecular formula is C20H21F3N2O3. The molecule has 1 aromatic carbocycles. The van der Waals surface area contributed by atoms with Crippen LogP contribution in [-0.2, 0) is 22.6 Å². The van der Waals surface area contributed by atoms with Crippen LogP contribution >= 0.6 is 0 Å². The molecule has 0 unspecified atom stereocenters. The lowest BCUT2D eigenvalue weighted by Crippen LogP contribution is -2.42. The molecule has 2 amide bonds. The lowest BCUT2D eigenvalue weighted by molar-refractivity contribution is -0.165. The van der Waals surface area contributed by atoms with Gasteiger partial charge in [0.05, 0.1) is 18.7 Å². The molecule has 0 aliphatic carbocycles. The highest BCUT2D eigenvalue weighted by molar-refractivity contribution is 6.00. The van der Waals surface area contributed by atoms with Crippen molar-refractivity contribution < 1.29 is 27.2 Å². The lowest BCUT2D eigenvalue weighted by atomic mass is 10.1. The molecule has 2 heterocycles. The van der Waals surface area contributed by atoms with Crippen LogP contribution in [0.5, 0.6) is 0 Å². The Morgan fingerprint density at radius 1 is 1.25 bits per heavy atom. The summed E-state index contributed by atoms with van der Waals surface area (Å²) in [6, 6.07) is 10.4. The first-order valence-corrected chi connectivity index (χ1v) is 9.04. The van der Waals surface area contributed by atoms with Crippen LogP contribution in [0.2, 0.25) is 0 Å². The fraction of sp³-hybridized carbons (Fsp3) is 0.400. The van der Waals surface area contributed by atoms with Crippen LogP contribution < -0.4 is 4.90 Å². The van der Waals surface area contributed by atoms with Crippen molar-refractivity contribution >= 4 is 17.5 Å². The number of amides is 2. The van der Waals surface area contributed by atoms with Gasteiger partial charge in [-0.1, -0.05) is 19.1 Å². The van der Waals surface area contributed by atoms with Crippen LogP contribution in [0.25, 0.3) is 0 Å². The number of rotatable bonds is 6. The van der Waals surface area contributed by atoms with Crippen molar-refractivity contribution in [3.8, 4) is 0 Å². The van der Waals surface area contributed by atoms with Gasteiger partial charge in [0.25, 0.3) is 0 Å². The van der Waals surface area contributed by atoms with E-state index >= 15 is 0 Å². The van der Waals surface area contributed by atoms with Crippen LogP contribution in [0.1, 0.15) is 24.7 Å². The van der Waals surface area contributed by atoms with Crippen molar-refractivity contribution in [2.45, 2.75) is 32.5 Å². The van der Waals surface area contributed by atoms with E-state index in [0.29, 0.717) is 10.6 Å². The van der Waals surface area contributed by atoms with Crippen molar-refractivity contribution in [1.82, 2.24) is 4.90 Å². The molecular weight excluding hydrogens is 373 g/mol. The van der Waals surface area contributed by atoms with E-state index in [9.17, 15) is 22.8 Å². The maximum absolute atomic E-state index is 13.0. The van der Waals surface area contributed by atoms with E-state index in [0.717, 1.165) is 12.0 Å². The molecule has 5 nitrogen and oxygen atoms in total. The van der Waals surface area contributed by atoms with E-state index in [1.54, 1.807) is 18.2 Å². The number of anilines is 1. The van der Waals surface area contributed by atoms with Crippen molar-refractivity contribution in [1.29, 1.82) is 0 Å². The molecule has 28 heavy (non-hydrogen) atoms. The van der Waals surface area contributed by atoms with Gasteiger partial charge in [-0.05, 0) is 36.2 Å². The second-order valence-electron chi connectivity index (χ2n) is 6.81. The van der Waals surface area contributed by atoms with E-state index in [-0.39, 0.29) is 31.2 Å². The quantitative estimate of drug-likeness (QED) is 0.749. The summed E-state index contributed by atoms with van der Waals surface area (Å²) in [6.07, 6.45) is -2.46. The SMILES string of the molecule is CCc1ccc(N2C[C@@H](C(=O)N(Cc3ccco3)CC(F)(F)F)CC2=O)cc1. The van der Waals surface area contributed by atoms with Crippen LogP contribution in [0.3, 0.4) is 0 Å². The third-order valence-electron chi connectivity index (χ3n) is 4.74. The van der Waals surface area contributed by atoms with Crippen LogP contribution in [0.15, 0.2) is 47.1 Å². The van der Waals surface area contributed by atoms with Gasteiger partial charge in [-0.3, -0.25) is 9.59 Å². The first-order chi connectivity index (χ1) is 13.3. The molecule has 0 radical (unpaired) electrons. The topological polar surface area (TPSA) is 53.8 Å². The molecule has 0 saturated carbocycles. The van der Waals surface area contributed by atoms with E-state index in [1.807, 2.05) is 19.1 Å². The number of benzene rings is 1. The van der Waals surface area contributed by atoms with Gasteiger partial charge in [0, 0.05) is 18.7 Å². The zero-order valence-electron chi connectivity index (χ0n) is 15.4. The van der Waals surface area contributed by atoms with Gasteiger partial charge >= 0.3 is 6.18 Å². The Hall–Kier alpha value is -2.77. The number of carbonyl (C=O) groups excluding carboxylic acids is 2. The number of halogens is 3. The molecule has 1 aromatic heterocycles. The number of furan rings is 1. The summed E-state index contributed by atoms with van der Waals surface area (Å²) < 4.78 is 44.0. The van der Waals surface area contributed by atoms with Gasteiger partial charge in [0.1, 0.15) is 12.3 Å². The summed E-state index contributed by atoms with van der Waals surface area (Å²) in [5.74, 6) is -1.54. The molecule has 1 atom stereocenters. The molecule has 8 heteroatoms. The molecule has 0 bridgehead atoms. The Morgan fingerprint density at radius 3 is 2.54 bits per heavy atom. The van der Waals surface area contributed by atoms with Gasteiger partial charge in [0.15, 0.2) is 0 Å². The third kappa shape index (κ3) is 4.74. The fourth-order valence-corrected chi connectivity index (χ4v) is 3.31. The van der Waals surface area contributed by atoms with Gasteiger partial charge < -0.3 is 14.2 Å². The highest BCUT2D eigenvalue weighted by atomic mass is 19.4. The number of hydrogen-bond donors (Lipinski definition) is 0. The highest BCUT2D eigenvalue weighted by Crippen LogP contribution is 2.28. The molecule has 0 spiro atoms. The van der Waals surface area contributed by atoms with Crippen molar-refractivity contribution in [2.75, 3.05) is 18.0 Å². The standard InChI is InChI=1S/C20H21F3N2O3/c1-2-14-5-7-16(8-6-14)25-11-15(10-18(25)26)19(27)24(13-20(21,22)23)12-17-4-3-9-28-17/h3-9,15H,2,10-13H2,1H3/t15-/m0/s1. The molecule has 150 valence electrons. The third-order valence-corrected chi connectivity index (χ3v) is 4.74. The summed E-state index contributed by atoms with van der Waals surface area (Å²) in [5, 5.41) is 0. The highest BCUT2D eigenvalue weighted by Gasteiger charge is 2.40. The van der Waals surface area contributed by atoms with Crippen LogP contribution in [0, 0.1) is 5.92 Å². The van der Waals surface area contributed by atoms with Crippen molar-refractivity contribution in [3.63, 3.8) is 0 Å². The zero-order valence-corrected chi connectivity index (χ0v) is 15.4. The molecule has 2 aromatic rings. The van der Waals surface area contributed by atoms with E-state index in [4.69, 9.17) is 4.42 Å². The molecule has 1 saturated heterocycles. The predicted molar refractivity (Wildman–Crippen MR) is 96.5 cm³/mol. The number of nitrogens with zero attached hydrogens (tertiary/aromatic N) is 2. The minimum atomic E-state index is -4.54. The monoisotopic (exact) mass is 394 g/mol. The molecule has 3 rings (SSSR count). The van der Waals surface area contributed by atoms with Gasteiger partial charge in [-0.25, -0.2) is 0 Å². The maximum atomic E-state index is 13.0. The number of alkyl halides is 3. The average Bonchev–Trinajstić information content (AvgIpc) is 3.29. The summed E-state index contributed by atoms with van der Waals surface area (Å²) in [7, 11) is 0. The second-order valence-corrected chi connectivity index (χ2v) is 6.81. The zero-order chi connectivity index (χ0) is 20.3. The Balaban J connectivity index is 1.74. The lowest BCUT2D eigenvalue weighted by Gasteiger charge is -2.26. The largest absolute Gasteiger partial charge is 0.467 e. The molecule has 1 fully saturated rings. The maximum Gasteiger partial charge on any atom is 0.406 e. The Bertz CT molecular complexity index is 816. The van der Waals surface area contributed by atoms with E-state index in [2.05, 4.69) is 0 Å². The van der Waals surface area contributed by atoms with Gasteiger partial charge in [-0.2, -0.15) is 13.2 Å². The molecule has 1 aliphatic heterocycles. The van der Waals surface area contributed by atoms with Gasteiger partial charge in [-0.15, -0.1) is 0 Å². The second kappa shape index (κ2) is 8.08. The molecule has 0 N–H and O–H groups in total. The van der Waals surface area contributed by atoms with Crippen LogP contribution in [0.4, 0.5) is 18.9 Å². The number of hydrogen-bond acceptors (Lipinski definition) is 3. The Kier molecular flexibility index (Phi) is 5.76. The van der Waals surface area contributed by atoms with E-state index < -0.39 is 24.5 Å². The van der Waals surface area contributed by atoms with Gasteiger partial charge in [0.2, 0.25) is 11.8 Å². The summed E-state index contributed by atoms with van der Waals surface area (Å²) in [5.41, 5.74) is 1.75. The summed E-state index contributed by atoms with van der Waals surface area (Å²) >= 11 is 0. The first-order valence-electron chi connectivity index (χ1n) is 9.04. The predicted octanol–water partition coefficient (Wildman–Crippen LogP) is 3.79. The minimum Gasteiger partial charge on any atom is -0.467 e. The minimum absolute atomic E-state index is 0.0651. The summed E-state index contributed by atoms with van der Waals surface area (Å²) in [6.45, 7) is 0.401. The summed E-state index contributed by atoms with van der Waals surface area (Å²) in [4.78, 5) is 27.3. The van der Waals surface area contributed by atoms with Crippen LogP contribution in [-0.4, -0.2) is 36.0 Å². The average molecular weight is 394 g/mol. The number of aryl methyl sites for hydroxylation is 1. The normalized spacial score (nSPS) is 17.2. The fourth-order valence-electron chi connectivity index (χ4n) is 3.31. The Morgan fingerprint density at radius 2 is 1.96 bits per heavy atom. The first kappa shape index (κ1) is 20.0.